The van der Waals surface area contributed by atoms with Crippen molar-refractivity contribution < 1.29 is 13.2 Å². The van der Waals surface area contributed by atoms with Crippen LogP contribution in [0.5, 0.6) is 0 Å². The standard InChI is InChI=1S/C11H12ClF3/c1-9(11(13,14)15)5-3-4-6-10(2,12)8-7-9/h3-8H,1-2H3/b5-3-,6-4-,8-7-/t9-,10?/m0/s1. The van der Waals surface area contributed by atoms with Crippen molar-refractivity contribution >= 4 is 11.6 Å². The SMILES string of the molecule is CC1(Cl)/C=C\C=C/[C@](C)(C(F)(F)F)/C=C\1. The average Bonchev–Trinajstić information content (AvgIpc) is 2.05. The second kappa shape index (κ2) is 3.71. The molecule has 15 heavy (non-hydrogen) atoms. The summed E-state index contributed by atoms with van der Waals surface area (Å²) in [7, 11) is 0. The molecule has 0 N–H and O–H groups in total. The Hall–Kier alpha value is -0.700. The maximum absolute atomic E-state index is 12.7. The summed E-state index contributed by atoms with van der Waals surface area (Å²) in [6.07, 6.45) is 3.81. The highest BCUT2D eigenvalue weighted by Gasteiger charge is 2.47. The van der Waals surface area contributed by atoms with Crippen LogP contribution in [0.3, 0.4) is 0 Å². The first-order valence-electron chi connectivity index (χ1n) is 4.49. The molecule has 0 heterocycles. The lowest BCUT2D eigenvalue weighted by Crippen LogP contribution is -2.32. The zero-order valence-corrected chi connectivity index (χ0v) is 9.23. The first kappa shape index (κ1) is 12.4. The van der Waals surface area contributed by atoms with E-state index in [1.807, 2.05) is 0 Å². The molecule has 0 spiro atoms. The highest BCUT2D eigenvalue weighted by atomic mass is 35.5. The minimum absolute atomic E-state index is 0.864. The molecule has 1 aliphatic carbocycles. The first-order chi connectivity index (χ1) is 6.66. The Morgan fingerprint density at radius 1 is 0.933 bits per heavy atom. The number of alkyl halides is 4. The Balaban J connectivity index is 3.15. The van der Waals surface area contributed by atoms with Crippen LogP contribution in [0.25, 0.3) is 0 Å². The van der Waals surface area contributed by atoms with Crippen LogP contribution in [0.2, 0.25) is 0 Å². The van der Waals surface area contributed by atoms with Crippen LogP contribution in [0.1, 0.15) is 13.8 Å². The van der Waals surface area contributed by atoms with Crippen molar-refractivity contribution in [2.24, 2.45) is 5.41 Å². The summed E-state index contributed by atoms with van der Waals surface area (Å²) >= 11 is 5.95. The normalized spacial score (nSPS) is 42.8. The lowest BCUT2D eigenvalue weighted by atomic mass is 9.86. The Bertz CT molecular complexity index is 323. The van der Waals surface area contributed by atoms with Crippen molar-refractivity contribution in [3.05, 3.63) is 36.5 Å². The number of hydrogen-bond donors (Lipinski definition) is 0. The van der Waals surface area contributed by atoms with Crippen LogP contribution in [-0.4, -0.2) is 11.1 Å². The molecule has 2 atom stereocenters. The van der Waals surface area contributed by atoms with Gasteiger partial charge in [-0.25, -0.2) is 0 Å². The second-order valence-electron chi connectivity index (χ2n) is 3.98. The monoisotopic (exact) mass is 236 g/mol. The minimum Gasteiger partial charge on any atom is -0.170 e. The van der Waals surface area contributed by atoms with Gasteiger partial charge in [0.25, 0.3) is 0 Å². The molecular weight excluding hydrogens is 225 g/mol. The van der Waals surface area contributed by atoms with Crippen LogP contribution in [0.4, 0.5) is 13.2 Å². The third-order valence-corrected chi connectivity index (χ3v) is 2.59. The Morgan fingerprint density at radius 2 is 1.47 bits per heavy atom. The molecule has 1 unspecified atom stereocenters. The van der Waals surface area contributed by atoms with Gasteiger partial charge in [-0.3, -0.25) is 0 Å². The van der Waals surface area contributed by atoms with Crippen molar-refractivity contribution in [3.63, 3.8) is 0 Å². The van der Waals surface area contributed by atoms with Gasteiger partial charge >= 0.3 is 6.18 Å². The van der Waals surface area contributed by atoms with E-state index < -0.39 is 16.5 Å². The molecule has 0 saturated heterocycles. The van der Waals surface area contributed by atoms with E-state index in [9.17, 15) is 13.2 Å². The summed E-state index contributed by atoms with van der Waals surface area (Å²) in [6.45, 7) is 2.75. The molecule has 0 amide bonds. The second-order valence-corrected chi connectivity index (χ2v) is 4.80. The van der Waals surface area contributed by atoms with Crippen molar-refractivity contribution in [2.75, 3.05) is 0 Å². The lowest BCUT2D eigenvalue weighted by Gasteiger charge is -2.27. The topological polar surface area (TPSA) is 0 Å². The molecule has 0 aromatic rings. The van der Waals surface area contributed by atoms with Gasteiger partial charge < -0.3 is 0 Å². The van der Waals surface area contributed by atoms with E-state index in [0.29, 0.717) is 0 Å². The molecule has 0 radical (unpaired) electrons. The summed E-state index contributed by atoms with van der Waals surface area (Å²) in [5.41, 5.74) is -1.95. The fraction of sp³-hybridized carbons (Fsp3) is 0.455. The van der Waals surface area contributed by atoms with E-state index in [4.69, 9.17) is 11.6 Å². The molecule has 1 aliphatic rings. The van der Waals surface area contributed by atoms with E-state index >= 15 is 0 Å². The molecule has 0 aromatic heterocycles. The Kier molecular flexibility index (Phi) is 3.06. The van der Waals surface area contributed by atoms with E-state index in [1.165, 1.54) is 18.2 Å². The maximum Gasteiger partial charge on any atom is 0.400 e. The van der Waals surface area contributed by atoms with Gasteiger partial charge in [-0.15, -0.1) is 11.6 Å². The van der Waals surface area contributed by atoms with Crippen molar-refractivity contribution in [1.82, 2.24) is 0 Å². The summed E-state index contributed by atoms with van der Waals surface area (Å²) in [4.78, 5) is -0.864. The summed E-state index contributed by atoms with van der Waals surface area (Å²) < 4.78 is 38.2. The molecular formula is C11H12ClF3. The molecule has 0 bridgehead atoms. The number of hydrogen-bond acceptors (Lipinski definition) is 0. The molecule has 1 rings (SSSR count). The molecule has 0 saturated carbocycles. The third kappa shape index (κ3) is 2.88. The van der Waals surface area contributed by atoms with Crippen LogP contribution in [0.15, 0.2) is 36.5 Å². The van der Waals surface area contributed by atoms with Gasteiger partial charge in [0.05, 0.1) is 10.3 Å². The fourth-order valence-electron chi connectivity index (χ4n) is 1.14. The largest absolute Gasteiger partial charge is 0.400 e. The smallest absolute Gasteiger partial charge is 0.170 e. The molecule has 0 fully saturated rings. The Morgan fingerprint density at radius 3 is 2.00 bits per heavy atom. The Labute approximate surface area is 92.1 Å². The van der Waals surface area contributed by atoms with E-state index in [1.54, 1.807) is 13.0 Å². The van der Waals surface area contributed by atoms with Gasteiger partial charge in [0.2, 0.25) is 0 Å². The molecule has 0 aromatic carbocycles. The predicted octanol–water partition coefficient (Wildman–Crippen LogP) is 4.23. The van der Waals surface area contributed by atoms with Crippen molar-refractivity contribution in [3.8, 4) is 0 Å². The van der Waals surface area contributed by atoms with E-state index in [-0.39, 0.29) is 0 Å². The van der Waals surface area contributed by atoms with Crippen LogP contribution in [-0.2, 0) is 0 Å². The van der Waals surface area contributed by atoms with Gasteiger partial charge in [-0.05, 0) is 13.8 Å². The summed E-state index contributed by atoms with van der Waals surface area (Å²) in [5, 5.41) is 0. The molecule has 0 aliphatic heterocycles. The van der Waals surface area contributed by atoms with Crippen molar-refractivity contribution in [1.29, 1.82) is 0 Å². The highest BCUT2D eigenvalue weighted by molar-refractivity contribution is 6.26. The van der Waals surface area contributed by atoms with Crippen LogP contribution >= 0.6 is 11.6 Å². The van der Waals surface area contributed by atoms with Gasteiger partial charge in [-0.2, -0.15) is 13.2 Å². The number of rotatable bonds is 0. The minimum atomic E-state index is -4.31. The molecule has 4 heteroatoms. The van der Waals surface area contributed by atoms with E-state index in [2.05, 4.69) is 0 Å². The van der Waals surface area contributed by atoms with Gasteiger partial charge in [-0.1, -0.05) is 36.5 Å². The number of allylic oxidation sites excluding steroid dienone is 6. The van der Waals surface area contributed by atoms with Crippen molar-refractivity contribution in [2.45, 2.75) is 24.9 Å². The van der Waals surface area contributed by atoms with Gasteiger partial charge in [0.15, 0.2) is 0 Å². The van der Waals surface area contributed by atoms with Gasteiger partial charge in [0.1, 0.15) is 0 Å². The quantitative estimate of drug-likeness (QED) is 0.436. The first-order valence-corrected chi connectivity index (χ1v) is 4.87. The maximum atomic E-state index is 12.7. The summed E-state index contributed by atoms with van der Waals surface area (Å²) in [5.74, 6) is 0. The molecule has 84 valence electrons. The van der Waals surface area contributed by atoms with Gasteiger partial charge in [0, 0.05) is 0 Å². The highest BCUT2D eigenvalue weighted by Crippen LogP contribution is 2.42. The predicted molar refractivity (Wildman–Crippen MR) is 55.8 cm³/mol. The average molecular weight is 237 g/mol. The zero-order chi connectivity index (χ0) is 11.7. The third-order valence-electron chi connectivity index (χ3n) is 2.34. The number of halogens is 4. The van der Waals surface area contributed by atoms with Crippen LogP contribution in [0, 0.1) is 5.41 Å². The lowest BCUT2D eigenvalue weighted by molar-refractivity contribution is -0.183. The zero-order valence-electron chi connectivity index (χ0n) is 8.48. The van der Waals surface area contributed by atoms with E-state index in [0.717, 1.165) is 19.1 Å². The molecule has 0 nitrogen and oxygen atoms in total. The summed E-state index contributed by atoms with van der Waals surface area (Å²) in [6, 6.07) is 0. The van der Waals surface area contributed by atoms with Crippen LogP contribution < -0.4 is 0 Å². The fourth-order valence-corrected chi connectivity index (χ4v) is 1.27.